The van der Waals surface area contributed by atoms with E-state index in [-0.39, 0.29) is 24.1 Å². The van der Waals surface area contributed by atoms with E-state index in [4.69, 9.17) is 10.4 Å². The third-order valence-corrected chi connectivity index (χ3v) is 6.66. The summed E-state index contributed by atoms with van der Waals surface area (Å²) in [6.45, 7) is 11.3. The van der Waals surface area contributed by atoms with Crippen LogP contribution in [-0.4, -0.2) is 71.2 Å². The van der Waals surface area contributed by atoms with Crippen molar-refractivity contribution < 1.29 is 4.79 Å². The highest BCUT2D eigenvalue weighted by molar-refractivity contribution is 6.05. The van der Waals surface area contributed by atoms with E-state index in [2.05, 4.69) is 37.4 Å². The Kier molecular flexibility index (Phi) is 8.21. The molecule has 0 aromatic carbocycles. The number of aromatic amines is 1. The Morgan fingerprint density at radius 3 is 2.61 bits per heavy atom. The number of aromatic nitrogens is 3. The van der Waals surface area contributed by atoms with Gasteiger partial charge in [0.05, 0.1) is 11.3 Å². The zero-order valence-corrected chi connectivity index (χ0v) is 22.7. The van der Waals surface area contributed by atoms with E-state index in [1.54, 1.807) is 12.3 Å². The molecular formula is C28H36N8O2. The van der Waals surface area contributed by atoms with Gasteiger partial charge in [-0.2, -0.15) is 0 Å². The van der Waals surface area contributed by atoms with Crippen molar-refractivity contribution >= 4 is 23.8 Å². The second kappa shape index (κ2) is 11.6. The standard InChI is InChI=1S/C28H36N8O2/c1-17(2)32-25-22(15-29)21(27(37)31-16-23-18(3)13-19(4)33-28(23)38)14-24(34-25)20-7-6-8-30-26(20)36-11-9-35(5)10-12-36/h6-8,13-15,17,29H,9-12,16H2,1-5H3,(H,31,37)(H,32,34)(H,33,38). The minimum absolute atomic E-state index is 0.0344. The summed E-state index contributed by atoms with van der Waals surface area (Å²) >= 11 is 0. The number of nitrogens with one attached hydrogen (secondary N) is 4. The van der Waals surface area contributed by atoms with Crippen LogP contribution in [0.1, 0.15) is 46.6 Å². The molecule has 0 radical (unpaired) electrons. The van der Waals surface area contributed by atoms with E-state index >= 15 is 0 Å². The quantitative estimate of drug-likeness (QED) is 0.339. The summed E-state index contributed by atoms with van der Waals surface area (Å²) in [7, 11) is 2.11. The number of hydrogen-bond donors (Lipinski definition) is 4. The number of anilines is 2. The Bertz CT molecular complexity index is 1390. The lowest BCUT2D eigenvalue weighted by atomic mass is 10.0. The molecule has 0 saturated carbocycles. The zero-order valence-electron chi connectivity index (χ0n) is 22.7. The van der Waals surface area contributed by atoms with E-state index in [1.807, 2.05) is 45.9 Å². The summed E-state index contributed by atoms with van der Waals surface area (Å²) in [4.78, 5) is 42.8. The molecule has 10 nitrogen and oxygen atoms in total. The van der Waals surface area contributed by atoms with E-state index in [9.17, 15) is 9.59 Å². The number of H-pyrrole nitrogens is 1. The van der Waals surface area contributed by atoms with Gasteiger partial charge in [0, 0.05) is 73.6 Å². The number of carbonyl (C=O) groups is 1. The molecule has 1 aliphatic heterocycles. The molecule has 10 heteroatoms. The maximum atomic E-state index is 13.5. The molecule has 0 aliphatic carbocycles. The van der Waals surface area contributed by atoms with Crippen molar-refractivity contribution in [2.75, 3.05) is 43.4 Å². The average Bonchev–Trinajstić information content (AvgIpc) is 2.87. The van der Waals surface area contributed by atoms with Crippen LogP contribution >= 0.6 is 0 Å². The Hall–Kier alpha value is -4.05. The van der Waals surface area contributed by atoms with Gasteiger partial charge < -0.3 is 30.8 Å². The van der Waals surface area contributed by atoms with Gasteiger partial charge in [-0.3, -0.25) is 9.59 Å². The SMILES string of the molecule is Cc1cc(C)c(CNC(=O)c2cc(-c3cccnc3N3CCN(C)CC3)nc(NC(C)C)c2C=N)c(=O)[nH]1. The fraction of sp³-hybridized carbons (Fsp3) is 0.393. The third kappa shape index (κ3) is 5.91. The fourth-order valence-electron chi connectivity index (χ4n) is 4.64. The predicted octanol–water partition coefficient (Wildman–Crippen LogP) is 2.95. The van der Waals surface area contributed by atoms with Crippen LogP contribution in [0.3, 0.4) is 0 Å². The van der Waals surface area contributed by atoms with Crippen LogP contribution < -0.4 is 21.1 Å². The molecule has 4 N–H and O–H groups in total. The number of nitrogens with zero attached hydrogens (tertiary/aromatic N) is 4. The van der Waals surface area contributed by atoms with Crippen LogP contribution in [0, 0.1) is 19.3 Å². The van der Waals surface area contributed by atoms with Crippen molar-refractivity contribution in [3.05, 3.63) is 68.8 Å². The van der Waals surface area contributed by atoms with E-state index < -0.39 is 0 Å². The fourth-order valence-corrected chi connectivity index (χ4v) is 4.64. The number of hydrogen-bond acceptors (Lipinski definition) is 8. The summed E-state index contributed by atoms with van der Waals surface area (Å²) < 4.78 is 0. The maximum Gasteiger partial charge on any atom is 0.253 e. The Labute approximate surface area is 223 Å². The molecule has 1 fully saturated rings. The predicted molar refractivity (Wildman–Crippen MR) is 152 cm³/mol. The van der Waals surface area contributed by atoms with Crippen molar-refractivity contribution in [1.29, 1.82) is 5.41 Å². The summed E-state index contributed by atoms with van der Waals surface area (Å²) in [6.07, 6.45) is 2.91. The number of carbonyl (C=O) groups excluding carboxylic acids is 1. The summed E-state index contributed by atoms with van der Waals surface area (Å²) in [5, 5.41) is 14.3. The Balaban J connectivity index is 1.75. The average molecular weight is 517 g/mol. The van der Waals surface area contributed by atoms with Crippen molar-refractivity contribution in [2.24, 2.45) is 0 Å². The number of likely N-dealkylation sites (N-methyl/N-ethyl adjacent to an activating group) is 1. The van der Waals surface area contributed by atoms with Crippen molar-refractivity contribution in [2.45, 2.75) is 40.3 Å². The lowest BCUT2D eigenvalue weighted by molar-refractivity contribution is 0.0950. The van der Waals surface area contributed by atoms with Gasteiger partial charge >= 0.3 is 0 Å². The summed E-state index contributed by atoms with van der Waals surface area (Å²) in [6, 6.07) is 7.45. The number of amides is 1. The van der Waals surface area contributed by atoms with Crippen molar-refractivity contribution in [1.82, 2.24) is 25.2 Å². The van der Waals surface area contributed by atoms with Crippen molar-refractivity contribution in [3.63, 3.8) is 0 Å². The molecule has 1 amide bonds. The molecule has 3 aromatic rings. The second-order valence-corrected chi connectivity index (χ2v) is 10.1. The van der Waals surface area contributed by atoms with Gasteiger partial charge in [-0.25, -0.2) is 9.97 Å². The molecule has 4 rings (SSSR count). The minimum Gasteiger partial charge on any atom is -0.367 e. The lowest BCUT2D eigenvalue weighted by Crippen LogP contribution is -2.45. The highest BCUT2D eigenvalue weighted by atomic mass is 16.1. The highest BCUT2D eigenvalue weighted by Crippen LogP contribution is 2.31. The first-order chi connectivity index (χ1) is 18.2. The molecule has 0 unspecified atom stereocenters. The van der Waals surface area contributed by atoms with E-state index in [1.165, 1.54) is 0 Å². The van der Waals surface area contributed by atoms with Crippen LogP contribution in [-0.2, 0) is 6.54 Å². The van der Waals surface area contributed by atoms with E-state index in [0.717, 1.165) is 55.0 Å². The molecule has 1 saturated heterocycles. The van der Waals surface area contributed by atoms with Gasteiger partial charge in [-0.05, 0) is 64.6 Å². The lowest BCUT2D eigenvalue weighted by Gasteiger charge is -2.34. The van der Waals surface area contributed by atoms with Crippen LogP contribution in [0.5, 0.6) is 0 Å². The zero-order chi connectivity index (χ0) is 27.4. The molecule has 3 aromatic heterocycles. The largest absolute Gasteiger partial charge is 0.367 e. The first kappa shape index (κ1) is 27.0. The minimum atomic E-state index is -0.386. The smallest absolute Gasteiger partial charge is 0.253 e. The van der Waals surface area contributed by atoms with E-state index in [0.29, 0.717) is 28.2 Å². The van der Waals surface area contributed by atoms with Gasteiger partial charge in [-0.15, -0.1) is 0 Å². The summed E-state index contributed by atoms with van der Waals surface area (Å²) in [5.41, 5.74) is 3.96. The van der Waals surface area contributed by atoms with Crippen LogP contribution in [0.4, 0.5) is 11.6 Å². The molecule has 0 spiro atoms. The highest BCUT2D eigenvalue weighted by Gasteiger charge is 2.23. The van der Waals surface area contributed by atoms with Gasteiger partial charge in [0.1, 0.15) is 11.6 Å². The molecule has 1 aliphatic rings. The van der Waals surface area contributed by atoms with Crippen molar-refractivity contribution in [3.8, 4) is 11.3 Å². The van der Waals surface area contributed by atoms with Gasteiger partial charge in [0.15, 0.2) is 0 Å². The normalized spacial score (nSPS) is 14.0. The Morgan fingerprint density at radius 1 is 1.21 bits per heavy atom. The number of pyridine rings is 3. The molecule has 0 bridgehead atoms. The molecule has 0 atom stereocenters. The second-order valence-electron chi connectivity index (χ2n) is 10.1. The third-order valence-electron chi connectivity index (χ3n) is 6.66. The monoisotopic (exact) mass is 516 g/mol. The maximum absolute atomic E-state index is 13.5. The summed E-state index contributed by atoms with van der Waals surface area (Å²) in [5.74, 6) is 0.887. The van der Waals surface area contributed by atoms with Crippen LogP contribution in [0.25, 0.3) is 11.3 Å². The first-order valence-corrected chi connectivity index (χ1v) is 12.9. The molecular weight excluding hydrogens is 480 g/mol. The Morgan fingerprint density at radius 2 is 1.95 bits per heavy atom. The van der Waals surface area contributed by atoms with Crippen LogP contribution in [0.15, 0.2) is 35.3 Å². The molecule has 38 heavy (non-hydrogen) atoms. The first-order valence-electron chi connectivity index (χ1n) is 12.9. The topological polar surface area (TPSA) is 130 Å². The molecule has 4 heterocycles. The number of aryl methyl sites for hydroxylation is 2. The molecule has 200 valence electrons. The number of rotatable bonds is 8. The van der Waals surface area contributed by atoms with Gasteiger partial charge in [0.2, 0.25) is 0 Å². The van der Waals surface area contributed by atoms with Gasteiger partial charge in [0.25, 0.3) is 11.5 Å². The van der Waals surface area contributed by atoms with Crippen LogP contribution in [0.2, 0.25) is 0 Å². The van der Waals surface area contributed by atoms with Gasteiger partial charge in [-0.1, -0.05) is 0 Å². The number of piperazine rings is 1.